The lowest BCUT2D eigenvalue weighted by Gasteiger charge is -2.32. The molecular weight excluding hydrogens is 452 g/mol. The van der Waals surface area contributed by atoms with Crippen molar-refractivity contribution in [3.05, 3.63) is 59.3 Å². The van der Waals surface area contributed by atoms with Crippen molar-refractivity contribution in [2.24, 2.45) is 11.8 Å². The summed E-state index contributed by atoms with van der Waals surface area (Å²) in [5, 5.41) is 10.9. The van der Waals surface area contributed by atoms with Crippen molar-refractivity contribution >= 4 is 22.8 Å². The lowest BCUT2D eigenvalue weighted by Crippen LogP contribution is -2.45. The van der Waals surface area contributed by atoms with Crippen molar-refractivity contribution in [2.75, 3.05) is 26.3 Å². The van der Waals surface area contributed by atoms with Crippen LogP contribution in [0.3, 0.4) is 0 Å². The lowest BCUT2D eigenvalue weighted by molar-refractivity contribution is -0.140. The van der Waals surface area contributed by atoms with Gasteiger partial charge in [0.05, 0.1) is 24.7 Å². The first-order valence-electron chi connectivity index (χ1n) is 13.6. The number of ether oxygens (including phenoxy) is 1. The minimum atomic E-state index is -0.915. The Morgan fingerprint density at radius 2 is 1.83 bits per heavy atom. The minimum Gasteiger partial charge on any atom is -0.478 e. The summed E-state index contributed by atoms with van der Waals surface area (Å²) in [5.74, 6) is -0.160. The third kappa shape index (κ3) is 5.15. The molecule has 2 aromatic rings. The molecule has 36 heavy (non-hydrogen) atoms. The Kier molecular flexibility index (Phi) is 7.61. The number of aromatic carboxylic acids is 1. The number of carbonyl (C=O) groups is 2. The van der Waals surface area contributed by atoms with Gasteiger partial charge in [-0.05, 0) is 48.8 Å². The third-order valence-corrected chi connectivity index (χ3v) is 8.21. The SMILES string of the molecule is CC1/C=C\C=C/Cc2c(C3CCCCC3)c3ccc(C(=O)O)cc3n2CC(C(=O)N2CCOCC2)C1. The molecule has 2 aliphatic heterocycles. The highest BCUT2D eigenvalue weighted by Gasteiger charge is 2.31. The van der Waals surface area contributed by atoms with Gasteiger partial charge >= 0.3 is 5.97 Å². The second-order valence-electron chi connectivity index (χ2n) is 10.7. The van der Waals surface area contributed by atoms with Crippen molar-refractivity contribution in [2.45, 2.75) is 64.3 Å². The first kappa shape index (κ1) is 24.8. The zero-order valence-corrected chi connectivity index (χ0v) is 21.3. The van der Waals surface area contributed by atoms with Gasteiger partial charge in [0.1, 0.15) is 0 Å². The van der Waals surface area contributed by atoms with Crippen LogP contribution in [0.15, 0.2) is 42.5 Å². The van der Waals surface area contributed by atoms with Crippen LogP contribution in [0, 0.1) is 11.8 Å². The van der Waals surface area contributed by atoms with Crippen molar-refractivity contribution in [1.29, 1.82) is 0 Å². The number of amides is 1. The van der Waals surface area contributed by atoms with Gasteiger partial charge in [0.15, 0.2) is 0 Å². The fourth-order valence-electron chi connectivity index (χ4n) is 6.39. The molecule has 6 nitrogen and oxygen atoms in total. The number of rotatable bonds is 3. The summed E-state index contributed by atoms with van der Waals surface area (Å²) in [4.78, 5) is 27.7. The maximum absolute atomic E-state index is 13.8. The molecule has 1 aliphatic carbocycles. The van der Waals surface area contributed by atoms with Crippen LogP contribution in [0.25, 0.3) is 10.9 Å². The summed E-state index contributed by atoms with van der Waals surface area (Å²) >= 11 is 0. The van der Waals surface area contributed by atoms with Gasteiger partial charge < -0.3 is 19.3 Å². The summed E-state index contributed by atoms with van der Waals surface area (Å²) < 4.78 is 7.80. The number of morpholine rings is 1. The maximum Gasteiger partial charge on any atom is 0.335 e. The van der Waals surface area contributed by atoms with Crippen molar-refractivity contribution in [3.8, 4) is 0 Å². The predicted octanol–water partition coefficient (Wildman–Crippen LogP) is 5.56. The highest BCUT2D eigenvalue weighted by molar-refractivity contribution is 5.95. The maximum atomic E-state index is 13.8. The van der Waals surface area contributed by atoms with Crippen LogP contribution >= 0.6 is 0 Å². The molecule has 1 aromatic heterocycles. The molecule has 2 unspecified atom stereocenters. The van der Waals surface area contributed by atoms with Crippen LogP contribution in [0.5, 0.6) is 0 Å². The molecule has 1 aromatic carbocycles. The average Bonchev–Trinajstić information content (AvgIpc) is 3.19. The molecule has 2 atom stereocenters. The van der Waals surface area contributed by atoms with E-state index in [0.29, 0.717) is 44.3 Å². The van der Waals surface area contributed by atoms with E-state index in [-0.39, 0.29) is 17.7 Å². The van der Waals surface area contributed by atoms with Crippen LogP contribution in [0.1, 0.15) is 73.0 Å². The summed E-state index contributed by atoms with van der Waals surface area (Å²) in [5.41, 5.74) is 3.88. The fraction of sp³-hybridized carbons (Fsp3) is 0.533. The van der Waals surface area contributed by atoms with Gasteiger partial charge in [-0.3, -0.25) is 4.79 Å². The standard InChI is InChI=1S/C30H38N2O4/c1-21-8-4-2-7-11-26-28(22-9-5-3-6-10-22)25-13-12-23(30(34)35)19-27(25)32(26)20-24(18-21)29(33)31-14-16-36-17-15-31/h2,4,7-8,12-13,19,21-22,24H,3,5-6,9-11,14-18,20H2,1H3,(H,34,35)/b7-2-,8-4-. The molecule has 1 saturated carbocycles. The molecule has 1 N–H and O–H groups in total. The second-order valence-corrected chi connectivity index (χ2v) is 10.7. The zero-order valence-electron chi connectivity index (χ0n) is 21.3. The Hall–Kier alpha value is -2.86. The number of fused-ring (bicyclic) bond motifs is 3. The lowest BCUT2D eigenvalue weighted by atomic mass is 9.82. The highest BCUT2D eigenvalue weighted by atomic mass is 16.5. The van der Waals surface area contributed by atoms with Gasteiger partial charge in [-0.1, -0.05) is 56.6 Å². The second kappa shape index (κ2) is 11.0. The summed E-state index contributed by atoms with van der Waals surface area (Å²) in [6.07, 6.45) is 16.3. The van der Waals surface area contributed by atoms with Crippen LogP contribution in [-0.2, 0) is 22.5 Å². The van der Waals surface area contributed by atoms with E-state index >= 15 is 0 Å². The van der Waals surface area contributed by atoms with Gasteiger partial charge in [-0.15, -0.1) is 0 Å². The topological polar surface area (TPSA) is 71.8 Å². The summed E-state index contributed by atoms with van der Waals surface area (Å²) in [6.45, 7) is 5.19. The smallest absolute Gasteiger partial charge is 0.335 e. The van der Waals surface area contributed by atoms with Crippen molar-refractivity contribution in [1.82, 2.24) is 9.47 Å². The molecule has 0 radical (unpaired) electrons. The zero-order chi connectivity index (χ0) is 25.1. The molecule has 5 rings (SSSR count). The Bertz CT molecular complexity index is 1170. The van der Waals surface area contributed by atoms with E-state index < -0.39 is 5.97 Å². The van der Waals surface area contributed by atoms with Gasteiger partial charge in [0.2, 0.25) is 5.91 Å². The number of hydrogen-bond acceptors (Lipinski definition) is 3. The summed E-state index contributed by atoms with van der Waals surface area (Å²) in [6, 6.07) is 5.58. The van der Waals surface area contributed by atoms with Crippen molar-refractivity contribution < 1.29 is 19.4 Å². The molecule has 1 amide bonds. The first-order chi connectivity index (χ1) is 17.5. The fourth-order valence-corrected chi connectivity index (χ4v) is 6.39. The molecule has 3 aliphatic rings. The minimum absolute atomic E-state index is 0.178. The monoisotopic (exact) mass is 490 g/mol. The Balaban J connectivity index is 1.65. The van der Waals surface area contributed by atoms with E-state index in [9.17, 15) is 14.7 Å². The number of hydrogen-bond donors (Lipinski definition) is 1. The van der Waals surface area contributed by atoms with Crippen LogP contribution in [0.4, 0.5) is 0 Å². The molecular formula is C30H38N2O4. The predicted molar refractivity (Wildman–Crippen MR) is 141 cm³/mol. The quantitative estimate of drug-likeness (QED) is 0.612. The van der Waals surface area contributed by atoms with Crippen molar-refractivity contribution in [3.63, 3.8) is 0 Å². The Morgan fingerprint density at radius 3 is 2.58 bits per heavy atom. The van der Waals surface area contributed by atoms with Gasteiger partial charge in [0, 0.05) is 42.7 Å². The normalized spacial score (nSPS) is 25.6. The summed E-state index contributed by atoms with van der Waals surface area (Å²) in [7, 11) is 0. The Labute approximate surface area is 213 Å². The van der Waals surface area contributed by atoms with Gasteiger partial charge in [-0.2, -0.15) is 0 Å². The van der Waals surface area contributed by atoms with Gasteiger partial charge in [-0.25, -0.2) is 4.79 Å². The molecule has 3 heterocycles. The largest absolute Gasteiger partial charge is 0.478 e. The number of carboxylic acids is 1. The number of allylic oxidation sites excluding steroid dienone is 4. The molecule has 0 bridgehead atoms. The van der Waals surface area contributed by atoms with Gasteiger partial charge in [0.25, 0.3) is 0 Å². The number of carboxylic acid groups (broad SMARTS) is 1. The third-order valence-electron chi connectivity index (χ3n) is 8.21. The molecule has 2 fully saturated rings. The van der Waals surface area contributed by atoms with Crippen LogP contribution < -0.4 is 0 Å². The van der Waals surface area contributed by atoms with Crippen LogP contribution in [0.2, 0.25) is 0 Å². The van der Waals surface area contributed by atoms with Crippen LogP contribution in [-0.4, -0.2) is 52.8 Å². The van der Waals surface area contributed by atoms with E-state index in [1.54, 1.807) is 6.07 Å². The number of benzene rings is 1. The average molecular weight is 491 g/mol. The van der Waals surface area contributed by atoms with E-state index in [4.69, 9.17) is 4.74 Å². The highest BCUT2D eigenvalue weighted by Crippen LogP contribution is 2.41. The van der Waals surface area contributed by atoms with E-state index in [1.165, 1.54) is 43.4 Å². The molecule has 192 valence electrons. The van der Waals surface area contributed by atoms with E-state index in [1.807, 2.05) is 17.0 Å². The molecule has 0 spiro atoms. The molecule has 6 heteroatoms. The van der Waals surface area contributed by atoms with E-state index in [0.717, 1.165) is 23.7 Å². The number of aromatic nitrogens is 1. The number of carbonyl (C=O) groups excluding carboxylic acids is 1. The first-order valence-corrected chi connectivity index (χ1v) is 13.6. The molecule has 1 saturated heterocycles. The number of nitrogens with zero attached hydrogens (tertiary/aromatic N) is 2. The van der Waals surface area contributed by atoms with E-state index in [2.05, 4.69) is 35.8 Å². The Morgan fingerprint density at radius 1 is 1.06 bits per heavy atom.